The predicted molar refractivity (Wildman–Crippen MR) is 105 cm³/mol. The van der Waals surface area contributed by atoms with Crippen LogP contribution in [0.15, 0.2) is 46.5 Å². The van der Waals surface area contributed by atoms with E-state index < -0.39 is 10.0 Å². The molecule has 144 valence electrons. The highest BCUT2D eigenvalue weighted by atomic mass is 32.2. The molecule has 27 heavy (non-hydrogen) atoms. The summed E-state index contributed by atoms with van der Waals surface area (Å²) in [6.07, 6.45) is 1.35. The summed E-state index contributed by atoms with van der Waals surface area (Å²) in [7, 11) is -3.55. The molecule has 0 radical (unpaired) electrons. The third-order valence-corrected chi connectivity index (χ3v) is 7.32. The maximum atomic E-state index is 12.6. The van der Waals surface area contributed by atoms with E-state index in [4.69, 9.17) is 4.74 Å². The minimum atomic E-state index is -3.55. The molecule has 0 N–H and O–H groups in total. The average Bonchev–Trinajstić information content (AvgIpc) is 2.69. The Hall–Kier alpha value is -1.74. The van der Waals surface area contributed by atoms with Gasteiger partial charge >= 0.3 is 0 Å². The number of morpholine rings is 1. The van der Waals surface area contributed by atoms with Crippen molar-refractivity contribution in [1.29, 1.82) is 0 Å². The maximum Gasteiger partial charge on any atom is 0.244 e. The van der Waals surface area contributed by atoms with Crippen LogP contribution in [-0.2, 0) is 14.8 Å². The number of ketones is 1. The lowest BCUT2D eigenvalue weighted by atomic mass is 10.0. The minimum absolute atomic E-state index is 0.0231. The summed E-state index contributed by atoms with van der Waals surface area (Å²) >= 11 is 1.30. The summed E-state index contributed by atoms with van der Waals surface area (Å²) in [6, 6.07) is 8.85. The van der Waals surface area contributed by atoms with Crippen molar-refractivity contribution in [3.63, 3.8) is 0 Å². The molecule has 8 heteroatoms. The second kappa shape index (κ2) is 8.52. The van der Waals surface area contributed by atoms with Crippen molar-refractivity contribution in [2.75, 3.05) is 32.1 Å². The van der Waals surface area contributed by atoms with E-state index in [1.54, 1.807) is 12.1 Å². The van der Waals surface area contributed by atoms with Crippen molar-refractivity contribution in [3.8, 4) is 0 Å². The van der Waals surface area contributed by atoms with Crippen LogP contribution >= 0.6 is 11.8 Å². The molecular formula is C19H22N2O4S2. The number of hydrogen-bond donors (Lipinski definition) is 0. The molecule has 1 saturated heterocycles. The molecule has 0 spiro atoms. The third-order valence-electron chi connectivity index (χ3n) is 4.50. The molecule has 3 rings (SSSR count). The highest BCUT2D eigenvalue weighted by Gasteiger charge is 2.26. The molecule has 0 atom stereocenters. The van der Waals surface area contributed by atoms with Crippen LogP contribution in [0, 0.1) is 13.8 Å². The highest BCUT2D eigenvalue weighted by molar-refractivity contribution is 7.99. The molecular weight excluding hydrogens is 384 g/mol. The molecule has 0 saturated carbocycles. The summed E-state index contributed by atoms with van der Waals surface area (Å²) in [4.78, 5) is 16.7. The lowest BCUT2D eigenvalue weighted by molar-refractivity contribution is 0.0730. The summed E-state index contributed by atoms with van der Waals surface area (Å²) in [6.45, 7) is 5.50. The van der Waals surface area contributed by atoms with E-state index in [0.29, 0.717) is 36.9 Å². The van der Waals surface area contributed by atoms with Crippen LogP contribution in [0.25, 0.3) is 0 Å². The average molecular weight is 407 g/mol. The first-order valence-corrected chi connectivity index (χ1v) is 11.1. The molecule has 0 unspecified atom stereocenters. The van der Waals surface area contributed by atoms with Crippen molar-refractivity contribution >= 4 is 27.6 Å². The smallest absolute Gasteiger partial charge is 0.244 e. The van der Waals surface area contributed by atoms with Gasteiger partial charge in [-0.2, -0.15) is 4.31 Å². The molecule has 1 aliphatic heterocycles. The standard InChI is InChI=1S/C19H22N2O4S2/c1-14-3-4-16(11-15(14)2)18(22)13-26-19-6-5-17(12-20-19)27(23,24)21-7-9-25-10-8-21/h3-6,11-12H,7-10,13H2,1-2H3. The fourth-order valence-corrected chi connectivity index (χ4v) is 4.77. The van der Waals surface area contributed by atoms with Gasteiger partial charge in [-0.1, -0.05) is 23.9 Å². The van der Waals surface area contributed by atoms with Gasteiger partial charge in [0.2, 0.25) is 10.0 Å². The lowest BCUT2D eigenvalue weighted by Gasteiger charge is -2.25. The number of hydrogen-bond acceptors (Lipinski definition) is 6. The second-order valence-corrected chi connectivity index (χ2v) is 9.29. The van der Waals surface area contributed by atoms with Crippen molar-refractivity contribution in [2.45, 2.75) is 23.8 Å². The van der Waals surface area contributed by atoms with Crippen molar-refractivity contribution < 1.29 is 17.9 Å². The van der Waals surface area contributed by atoms with Crippen LogP contribution in [0.2, 0.25) is 0 Å². The molecule has 1 aliphatic rings. The number of ether oxygens (including phenoxy) is 1. The van der Waals surface area contributed by atoms with Gasteiger partial charge < -0.3 is 4.74 Å². The number of Topliss-reactive ketones (excluding diaryl/α,β-unsaturated/α-hetero) is 1. The van der Waals surface area contributed by atoms with E-state index in [9.17, 15) is 13.2 Å². The summed E-state index contributed by atoms with van der Waals surface area (Å²) < 4.78 is 31.8. The molecule has 0 aliphatic carbocycles. The van der Waals surface area contributed by atoms with Gasteiger partial charge in [-0.15, -0.1) is 0 Å². The SMILES string of the molecule is Cc1ccc(C(=O)CSc2ccc(S(=O)(=O)N3CCOCC3)cn2)cc1C. The van der Waals surface area contributed by atoms with Crippen LogP contribution in [0.4, 0.5) is 0 Å². The summed E-state index contributed by atoms with van der Waals surface area (Å²) in [5.41, 5.74) is 2.91. The predicted octanol–water partition coefficient (Wildman–Crippen LogP) is 2.69. The first kappa shape index (κ1) is 20.0. The van der Waals surface area contributed by atoms with Crippen LogP contribution in [0.3, 0.4) is 0 Å². The number of pyridine rings is 1. The molecule has 0 amide bonds. The van der Waals surface area contributed by atoms with Crippen LogP contribution in [-0.4, -0.2) is 55.5 Å². The zero-order chi connectivity index (χ0) is 19.4. The molecule has 1 aromatic carbocycles. The monoisotopic (exact) mass is 406 g/mol. The van der Waals surface area contributed by atoms with Crippen LogP contribution < -0.4 is 0 Å². The Morgan fingerprint density at radius 2 is 1.89 bits per heavy atom. The highest BCUT2D eigenvalue weighted by Crippen LogP contribution is 2.21. The fourth-order valence-electron chi connectivity index (χ4n) is 2.68. The topological polar surface area (TPSA) is 76.6 Å². The number of aromatic nitrogens is 1. The Bertz CT molecular complexity index is 921. The van der Waals surface area contributed by atoms with E-state index in [-0.39, 0.29) is 16.4 Å². The van der Waals surface area contributed by atoms with E-state index in [2.05, 4.69) is 4.98 Å². The van der Waals surface area contributed by atoms with Crippen molar-refractivity contribution in [2.24, 2.45) is 0 Å². The van der Waals surface area contributed by atoms with Gasteiger partial charge in [0.1, 0.15) is 4.90 Å². The molecule has 1 fully saturated rings. The quantitative estimate of drug-likeness (QED) is 0.542. The number of aryl methyl sites for hydroxylation is 2. The van der Waals surface area contributed by atoms with E-state index in [0.717, 1.165) is 11.1 Å². The third kappa shape index (κ3) is 4.76. The van der Waals surface area contributed by atoms with Crippen LogP contribution in [0.5, 0.6) is 0 Å². The van der Waals surface area contributed by atoms with Gasteiger partial charge in [-0.25, -0.2) is 13.4 Å². The van der Waals surface area contributed by atoms with Gasteiger partial charge in [-0.3, -0.25) is 4.79 Å². The Morgan fingerprint density at radius 1 is 1.15 bits per heavy atom. The Kier molecular flexibility index (Phi) is 6.31. The van der Waals surface area contributed by atoms with Gasteiger partial charge in [-0.05, 0) is 43.2 Å². The fraction of sp³-hybridized carbons (Fsp3) is 0.368. The van der Waals surface area contributed by atoms with Crippen molar-refractivity contribution in [1.82, 2.24) is 9.29 Å². The summed E-state index contributed by atoms with van der Waals surface area (Å²) in [5.74, 6) is 0.278. The second-order valence-electron chi connectivity index (χ2n) is 6.36. The molecule has 6 nitrogen and oxygen atoms in total. The lowest BCUT2D eigenvalue weighted by Crippen LogP contribution is -2.40. The van der Waals surface area contributed by atoms with Gasteiger partial charge in [0, 0.05) is 24.8 Å². The van der Waals surface area contributed by atoms with Gasteiger partial charge in [0.15, 0.2) is 5.78 Å². The minimum Gasteiger partial charge on any atom is -0.379 e. The molecule has 2 aromatic rings. The number of nitrogens with zero attached hydrogens (tertiary/aromatic N) is 2. The number of thioether (sulfide) groups is 1. The number of carbonyl (C=O) groups is 1. The Morgan fingerprint density at radius 3 is 2.52 bits per heavy atom. The van der Waals surface area contributed by atoms with Gasteiger partial charge in [0.25, 0.3) is 0 Å². The zero-order valence-corrected chi connectivity index (χ0v) is 17.0. The Labute approximate surface area is 164 Å². The van der Waals surface area contributed by atoms with Crippen molar-refractivity contribution in [3.05, 3.63) is 53.2 Å². The largest absolute Gasteiger partial charge is 0.379 e. The van der Waals surface area contributed by atoms with E-state index in [1.165, 1.54) is 22.3 Å². The van der Waals surface area contributed by atoms with Gasteiger partial charge in [0.05, 0.1) is 24.0 Å². The number of benzene rings is 1. The number of sulfonamides is 1. The summed E-state index contributed by atoms with van der Waals surface area (Å²) in [5, 5.41) is 0.619. The number of rotatable bonds is 6. The van der Waals surface area contributed by atoms with Crippen LogP contribution in [0.1, 0.15) is 21.5 Å². The first-order chi connectivity index (χ1) is 12.9. The zero-order valence-electron chi connectivity index (χ0n) is 15.3. The molecule has 0 bridgehead atoms. The first-order valence-electron chi connectivity index (χ1n) is 8.65. The van der Waals surface area contributed by atoms with E-state index >= 15 is 0 Å². The molecule has 1 aromatic heterocycles. The maximum absolute atomic E-state index is 12.6. The molecule has 2 heterocycles. The number of carbonyl (C=O) groups excluding carboxylic acids is 1. The Balaban J connectivity index is 1.63. The van der Waals surface area contributed by atoms with E-state index in [1.807, 2.05) is 32.0 Å². The normalized spacial score (nSPS) is 15.6.